The van der Waals surface area contributed by atoms with Crippen molar-refractivity contribution in [3.05, 3.63) is 35.9 Å². The van der Waals surface area contributed by atoms with Crippen molar-refractivity contribution in [2.75, 3.05) is 20.3 Å². The van der Waals surface area contributed by atoms with Crippen molar-refractivity contribution in [1.82, 2.24) is 0 Å². The fourth-order valence-electron chi connectivity index (χ4n) is 2.09. The first-order valence-corrected chi connectivity index (χ1v) is 7.52. The van der Waals surface area contributed by atoms with Crippen molar-refractivity contribution >= 4 is 17.5 Å². The largest absolute Gasteiger partial charge is 0.497 e. The highest BCUT2D eigenvalue weighted by Gasteiger charge is 2.27. The molecule has 0 radical (unpaired) electrons. The number of benzene rings is 1. The van der Waals surface area contributed by atoms with E-state index in [0.29, 0.717) is 11.3 Å². The van der Waals surface area contributed by atoms with Gasteiger partial charge in [0.05, 0.1) is 18.1 Å². The molecule has 1 aliphatic rings. The molecule has 0 saturated carbocycles. The number of hydrogen-bond acceptors (Lipinski definition) is 5. The quantitative estimate of drug-likeness (QED) is 0.799. The second kappa shape index (κ2) is 6.86. The summed E-state index contributed by atoms with van der Waals surface area (Å²) in [6, 6.07) is 7.17. The molecule has 1 atom stereocenters. The molecule has 0 aliphatic carbocycles. The number of hydrogen-bond donors (Lipinski definition) is 0. The van der Waals surface area contributed by atoms with Crippen molar-refractivity contribution in [3.63, 3.8) is 0 Å². The minimum Gasteiger partial charge on any atom is -0.497 e. The van der Waals surface area contributed by atoms with Crippen LogP contribution in [0.25, 0.3) is 5.57 Å². The fourth-order valence-corrected chi connectivity index (χ4v) is 2.09. The molecular formula is C18H22O5. The molecule has 1 aliphatic heterocycles. The van der Waals surface area contributed by atoms with E-state index in [-0.39, 0.29) is 31.1 Å². The van der Waals surface area contributed by atoms with Crippen molar-refractivity contribution in [2.24, 2.45) is 11.3 Å². The Kier molecular flexibility index (Phi) is 5.08. The van der Waals surface area contributed by atoms with Crippen molar-refractivity contribution in [3.8, 4) is 5.75 Å². The topological polar surface area (TPSA) is 61.8 Å². The Hall–Kier alpha value is -2.30. The molecule has 1 aromatic rings. The molecule has 0 amide bonds. The van der Waals surface area contributed by atoms with Gasteiger partial charge in [0.15, 0.2) is 0 Å². The van der Waals surface area contributed by atoms with Gasteiger partial charge in [0.1, 0.15) is 19.0 Å². The number of carbonyl (C=O) groups is 2. The highest BCUT2D eigenvalue weighted by molar-refractivity contribution is 6.17. The van der Waals surface area contributed by atoms with E-state index in [0.717, 1.165) is 5.56 Å². The molecule has 1 unspecified atom stereocenters. The zero-order valence-electron chi connectivity index (χ0n) is 13.9. The Labute approximate surface area is 136 Å². The summed E-state index contributed by atoms with van der Waals surface area (Å²) in [7, 11) is 1.59. The van der Waals surface area contributed by atoms with Crippen LogP contribution >= 0.6 is 0 Å². The highest BCUT2D eigenvalue weighted by Crippen LogP contribution is 2.25. The van der Waals surface area contributed by atoms with E-state index in [1.807, 2.05) is 6.08 Å². The Morgan fingerprint density at radius 3 is 2.48 bits per heavy atom. The zero-order chi connectivity index (χ0) is 17.0. The van der Waals surface area contributed by atoms with Crippen molar-refractivity contribution < 1.29 is 23.8 Å². The number of methoxy groups -OCH3 is 1. The van der Waals surface area contributed by atoms with Crippen LogP contribution in [0.3, 0.4) is 0 Å². The summed E-state index contributed by atoms with van der Waals surface area (Å²) in [5, 5.41) is 0. The van der Waals surface area contributed by atoms with Gasteiger partial charge >= 0.3 is 11.9 Å². The number of rotatable bonds is 4. The third-order valence-electron chi connectivity index (χ3n) is 3.49. The number of carbonyl (C=O) groups excluding carboxylic acids is 2. The van der Waals surface area contributed by atoms with E-state index >= 15 is 0 Å². The molecule has 0 N–H and O–H groups in total. The van der Waals surface area contributed by atoms with Crippen LogP contribution in [-0.2, 0) is 19.1 Å². The number of esters is 2. The monoisotopic (exact) mass is 318 g/mol. The Morgan fingerprint density at radius 1 is 1.26 bits per heavy atom. The number of ether oxygens (including phenoxy) is 3. The average Bonchev–Trinajstić information content (AvgIpc) is 2.53. The second-order valence-electron chi connectivity index (χ2n) is 6.52. The maximum absolute atomic E-state index is 12.0. The molecule has 0 aromatic heterocycles. The van der Waals surface area contributed by atoms with Gasteiger partial charge in [-0.15, -0.1) is 0 Å². The maximum Gasteiger partial charge on any atom is 0.338 e. The van der Waals surface area contributed by atoms with Crippen LogP contribution in [0.15, 0.2) is 30.3 Å². The van der Waals surface area contributed by atoms with Gasteiger partial charge in [-0.25, -0.2) is 4.79 Å². The van der Waals surface area contributed by atoms with Crippen LogP contribution in [-0.4, -0.2) is 32.3 Å². The standard InChI is InChI=1S/C18H22O5/c1-18(2,3)17(20)23-11-12-9-15(16(19)22-10-12)13-5-7-14(21-4)8-6-13/h5-9,12H,10-11H2,1-4H3. The lowest BCUT2D eigenvalue weighted by molar-refractivity contribution is -0.154. The summed E-state index contributed by atoms with van der Waals surface area (Å²) in [6.07, 6.45) is 1.81. The summed E-state index contributed by atoms with van der Waals surface area (Å²) < 4.78 is 15.6. The van der Waals surface area contributed by atoms with Crippen LogP contribution in [0.2, 0.25) is 0 Å². The van der Waals surface area contributed by atoms with Crippen molar-refractivity contribution in [1.29, 1.82) is 0 Å². The molecular weight excluding hydrogens is 296 g/mol. The lowest BCUT2D eigenvalue weighted by Gasteiger charge is -2.23. The smallest absolute Gasteiger partial charge is 0.338 e. The van der Waals surface area contributed by atoms with Gasteiger partial charge in [-0.2, -0.15) is 0 Å². The van der Waals surface area contributed by atoms with Gasteiger partial charge in [0.2, 0.25) is 0 Å². The molecule has 124 valence electrons. The van der Waals surface area contributed by atoms with E-state index in [2.05, 4.69) is 0 Å². The molecule has 0 spiro atoms. The Morgan fingerprint density at radius 2 is 1.91 bits per heavy atom. The van der Waals surface area contributed by atoms with Crippen LogP contribution in [0.5, 0.6) is 5.75 Å². The molecule has 5 nitrogen and oxygen atoms in total. The van der Waals surface area contributed by atoms with E-state index in [1.165, 1.54) is 0 Å². The van der Waals surface area contributed by atoms with E-state index < -0.39 is 5.41 Å². The predicted octanol–water partition coefficient (Wildman–Crippen LogP) is 2.84. The maximum atomic E-state index is 12.0. The second-order valence-corrected chi connectivity index (χ2v) is 6.52. The molecule has 0 saturated heterocycles. The normalized spacial score (nSPS) is 18.0. The molecule has 0 bridgehead atoms. The molecule has 1 aromatic carbocycles. The van der Waals surface area contributed by atoms with Crippen LogP contribution in [0.4, 0.5) is 0 Å². The molecule has 1 heterocycles. The number of cyclic esters (lactones) is 1. The third-order valence-corrected chi connectivity index (χ3v) is 3.49. The average molecular weight is 318 g/mol. The van der Waals surface area contributed by atoms with Gasteiger partial charge in [0, 0.05) is 5.92 Å². The summed E-state index contributed by atoms with van der Waals surface area (Å²) in [5.74, 6) is -0.0624. The molecule has 2 rings (SSSR count). The van der Waals surface area contributed by atoms with E-state index in [4.69, 9.17) is 14.2 Å². The summed E-state index contributed by atoms with van der Waals surface area (Å²) in [4.78, 5) is 23.8. The van der Waals surface area contributed by atoms with Gasteiger partial charge in [-0.05, 0) is 38.5 Å². The van der Waals surface area contributed by atoms with Gasteiger partial charge in [-0.3, -0.25) is 4.79 Å². The van der Waals surface area contributed by atoms with Crippen molar-refractivity contribution in [2.45, 2.75) is 20.8 Å². The third kappa shape index (κ3) is 4.34. The first-order valence-electron chi connectivity index (χ1n) is 7.52. The molecule has 0 fully saturated rings. The minimum atomic E-state index is -0.548. The first-order chi connectivity index (χ1) is 10.8. The molecule has 5 heteroatoms. The van der Waals surface area contributed by atoms with E-state index in [9.17, 15) is 9.59 Å². The SMILES string of the molecule is COc1ccc(C2=CC(COC(=O)C(C)(C)C)COC2=O)cc1. The lowest BCUT2D eigenvalue weighted by atomic mass is 9.96. The summed E-state index contributed by atoms with van der Waals surface area (Å²) in [5.41, 5.74) is 0.687. The van der Waals surface area contributed by atoms with Gasteiger partial charge in [0.25, 0.3) is 0 Å². The van der Waals surface area contributed by atoms with E-state index in [1.54, 1.807) is 52.1 Å². The molecule has 23 heavy (non-hydrogen) atoms. The Balaban J connectivity index is 2.10. The summed E-state index contributed by atoms with van der Waals surface area (Å²) >= 11 is 0. The van der Waals surface area contributed by atoms with Gasteiger partial charge in [-0.1, -0.05) is 18.2 Å². The van der Waals surface area contributed by atoms with Crippen LogP contribution in [0, 0.1) is 11.3 Å². The lowest BCUT2D eigenvalue weighted by Crippen LogP contribution is -2.29. The minimum absolute atomic E-state index is 0.142. The zero-order valence-corrected chi connectivity index (χ0v) is 13.9. The van der Waals surface area contributed by atoms with Crippen LogP contribution in [0.1, 0.15) is 26.3 Å². The fraction of sp³-hybridized carbons (Fsp3) is 0.444. The van der Waals surface area contributed by atoms with Crippen LogP contribution < -0.4 is 4.74 Å². The predicted molar refractivity (Wildman–Crippen MR) is 85.8 cm³/mol. The highest BCUT2D eigenvalue weighted by atomic mass is 16.5. The first kappa shape index (κ1) is 17.1. The summed E-state index contributed by atoms with van der Waals surface area (Å²) in [6.45, 7) is 5.82. The van der Waals surface area contributed by atoms with Gasteiger partial charge < -0.3 is 14.2 Å². The Bertz CT molecular complexity index is 607.